The van der Waals surface area contributed by atoms with Crippen LogP contribution in [-0.4, -0.2) is 40.1 Å². The predicted molar refractivity (Wildman–Crippen MR) is 107 cm³/mol. The molecule has 1 aromatic heterocycles. The van der Waals surface area contributed by atoms with E-state index in [1.165, 1.54) is 37.4 Å². The molecule has 25 heavy (non-hydrogen) atoms. The Morgan fingerprint density at radius 2 is 1.96 bits per heavy atom. The number of nitrogens with zero attached hydrogens (tertiary/aromatic N) is 2. The van der Waals surface area contributed by atoms with E-state index >= 15 is 0 Å². The van der Waals surface area contributed by atoms with Crippen LogP contribution >= 0.6 is 23.4 Å². The maximum Gasteiger partial charge on any atom is 0.191 e. The molecule has 2 rings (SSSR count). The smallest absolute Gasteiger partial charge is 0.191 e. The number of rotatable bonds is 7. The van der Waals surface area contributed by atoms with Crippen LogP contribution in [-0.2, 0) is 4.74 Å². The minimum atomic E-state index is 0.163. The molecule has 0 unspecified atom stereocenters. The Balaban J connectivity index is 0.000000451. The lowest BCUT2D eigenvalue weighted by Crippen LogP contribution is -2.12. The number of hydrogen-bond acceptors (Lipinski definition) is 8. The van der Waals surface area contributed by atoms with Crippen molar-refractivity contribution in [1.82, 2.24) is 9.97 Å². The van der Waals surface area contributed by atoms with Crippen LogP contribution in [0.2, 0.25) is 5.15 Å². The van der Waals surface area contributed by atoms with E-state index in [4.69, 9.17) is 33.0 Å². The average Bonchev–Trinajstić information content (AvgIpc) is 3.16. The van der Waals surface area contributed by atoms with Crippen LogP contribution < -0.4 is 17.0 Å². The summed E-state index contributed by atoms with van der Waals surface area (Å²) in [5.41, 5.74) is 8.23. The Hall–Kier alpha value is -0.800. The first-order valence-electron chi connectivity index (χ1n) is 8.77. The molecule has 1 heterocycles. The summed E-state index contributed by atoms with van der Waals surface area (Å²) in [7, 11) is 0. The van der Waals surface area contributed by atoms with Gasteiger partial charge in [0.05, 0.1) is 19.3 Å². The van der Waals surface area contributed by atoms with Crippen molar-refractivity contribution < 1.29 is 9.84 Å². The van der Waals surface area contributed by atoms with Crippen molar-refractivity contribution in [3.8, 4) is 0 Å². The van der Waals surface area contributed by atoms with Gasteiger partial charge in [0, 0.05) is 5.75 Å². The molecule has 0 atom stereocenters. The highest BCUT2D eigenvalue weighted by Gasteiger charge is 2.14. The Morgan fingerprint density at radius 3 is 2.48 bits per heavy atom. The van der Waals surface area contributed by atoms with Gasteiger partial charge < -0.3 is 21.0 Å². The fourth-order valence-electron chi connectivity index (χ4n) is 2.07. The molecular weight excluding hydrogens is 362 g/mol. The molecule has 1 fully saturated rings. The summed E-state index contributed by atoms with van der Waals surface area (Å²) in [4.78, 5) is 8.11. The summed E-state index contributed by atoms with van der Waals surface area (Å²) >= 11 is 7.31. The van der Waals surface area contributed by atoms with Crippen molar-refractivity contribution in [1.29, 1.82) is 0 Å². The standard InChI is InChI=1S/C7H12ClN5S.C7H14O2.C2H6/c1-2-3-14-7-11-5(8)4(9)6(12-7)13-10;8-5-6-9-7-3-1-2-4-7;1-2/h2-3,9-10H2,1H3,(H,11,12,13);7-8H,1-6H2;1-2H3. The van der Waals surface area contributed by atoms with E-state index in [2.05, 4.69) is 22.3 Å². The zero-order valence-electron chi connectivity index (χ0n) is 15.4. The van der Waals surface area contributed by atoms with Crippen LogP contribution in [0.4, 0.5) is 11.5 Å². The van der Waals surface area contributed by atoms with Crippen LogP contribution in [0.25, 0.3) is 0 Å². The Labute approximate surface area is 160 Å². The summed E-state index contributed by atoms with van der Waals surface area (Å²) in [6.45, 7) is 6.76. The second-order valence-corrected chi connectivity index (χ2v) is 6.47. The lowest BCUT2D eigenvalue weighted by Gasteiger charge is -2.07. The average molecular weight is 394 g/mol. The summed E-state index contributed by atoms with van der Waals surface area (Å²) in [6.07, 6.45) is 6.49. The van der Waals surface area contributed by atoms with Gasteiger partial charge in [-0.05, 0) is 19.3 Å². The highest BCUT2D eigenvalue weighted by Crippen LogP contribution is 2.26. The van der Waals surface area contributed by atoms with Gasteiger partial charge in [-0.25, -0.2) is 15.8 Å². The third-order valence-corrected chi connectivity index (χ3v) is 4.54. The first kappa shape index (κ1) is 24.2. The molecule has 0 amide bonds. The number of ether oxygens (including phenoxy) is 1. The van der Waals surface area contributed by atoms with E-state index in [0.29, 0.717) is 23.7 Å². The van der Waals surface area contributed by atoms with Crippen molar-refractivity contribution in [2.24, 2.45) is 5.84 Å². The number of nitrogen functional groups attached to an aromatic ring is 2. The minimum Gasteiger partial charge on any atom is -0.394 e. The minimum absolute atomic E-state index is 0.163. The highest BCUT2D eigenvalue weighted by atomic mass is 35.5. The summed E-state index contributed by atoms with van der Waals surface area (Å²) < 4.78 is 5.30. The maximum absolute atomic E-state index is 8.40. The maximum atomic E-state index is 8.40. The first-order valence-corrected chi connectivity index (χ1v) is 10.1. The number of aliphatic hydroxyl groups excluding tert-OH is 1. The Morgan fingerprint density at radius 1 is 1.32 bits per heavy atom. The molecule has 0 aromatic carbocycles. The summed E-state index contributed by atoms with van der Waals surface area (Å²) in [6, 6.07) is 0. The lowest BCUT2D eigenvalue weighted by molar-refractivity contribution is 0.0331. The van der Waals surface area contributed by atoms with Crippen molar-refractivity contribution in [2.75, 3.05) is 30.1 Å². The molecule has 1 aromatic rings. The molecular formula is C16H32ClN5O2S. The van der Waals surface area contributed by atoms with Crippen LogP contribution in [0, 0.1) is 0 Å². The van der Waals surface area contributed by atoms with Gasteiger partial charge in [-0.1, -0.05) is 57.0 Å². The fraction of sp³-hybridized carbons (Fsp3) is 0.750. The number of aromatic nitrogens is 2. The monoisotopic (exact) mass is 393 g/mol. The number of hydrazine groups is 1. The normalized spacial score (nSPS) is 13.5. The third kappa shape index (κ3) is 10.1. The van der Waals surface area contributed by atoms with Gasteiger partial charge in [-0.2, -0.15) is 0 Å². The number of aliphatic hydroxyl groups is 1. The van der Waals surface area contributed by atoms with Gasteiger partial charge in [0.1, 0.15) is 5.69 Å². The van der Waals surface area contributed by atoms with Crippen LogP contribution in [0.3, 0.4) is 0 Å². The third-order valence-electron chi connectivity index (χ3n) is 3.20. The zero-order chi connectivity index (χ0) is 19.1. The lowest BCUT2D eigenvalue weighted by atomic mass is 10.3. The van der Waals surface area contributed by atoms with Gasteiger partial charge in [-0.15, -0.1) is 0 Å². The topological polar surface area (TPSA) is 119 Å². The molecule has 1 aliphatic carbocycles. The number of hydrogen-bond donors (Lipinski definition) is 4. The quantitative estimate of drug-likeness (QED) is 0.183. The van der Waals surface area contributed by atoms with Gasteiger partial charge in [-0.3, -0.25) is 0 Å². The van der Waals surface area contributed by atoms with Gasteiger partial charge in [0.25, 0.3) is 0 Å². The zero-order valence-corrected chi connectivity index (χ0v) is 17.0. The largest absolute Gasteiger partial charge is 0.394 e. The Bertz CT molecular complexity index is 462. The first-order chi connectivity index (χ1) is 12.1. The number of nitrogens with two attached hydrogens (primary N) is 2. The van der Waals surface area contributed by atoms with Crippen LogP contribution in [0.1, 0.15) is 52.9 Å². The van der Waals surface area contributed by atoms with E-state index in [0.717, 1.165) is 12.2 Å². The number of nitrogens with one attached hydrogen (secondary N) is 1. The predicted octanol–water partition coefficient (Wildman–Crippen LogP) is 3.46. The number of anilines is 2. The van der Waals surface area contributed by atoms with E-state index in [1.54, 1.807) is 0 Å². The molecule has 1 saturated carbocycles. The molecule has 7 nitrogen and oxygen atoms in total. The molecule has 0 aliphatic heterocycles. The highest BCUT2D eigenvalue weighted by molar-refractivity contribution is 7.99. The number of halogens is 1. The SMILES string of the molecule is CC.CCCSc1nc(Cl)c(N)c(NN)n1.OCCOC1CCCC1. The molecule has 1 aliphatic rings. The second-order valence-electron chi connectivity index (χ2n) is 5.05. The van der Waals surface area contributed by atoms with Crippen molar-refractivity contribution in [3.63, 3.8) is 0 Å². The molecule has 0 bridgehead atoms. The van der Waals surface area contributed by atoms with E-state index < -0.39 is 0 Å². The molecule has 0 spiro atoms. The van der Waals surface area contributed by atoms with Gasteiger partial charge in [0.2, 0.25) is 0 Å². The fourth-order valence-corrected chi connectivity index (χ4v) is 2.98. The molecule has 0 radical (unpaired) electrons. The molecule has 0 saturated heterocycles. The number of thioether (sulfide) groups is 1. The van der Waals surface area contributed by atoms with Crippen molar-refractivity contribution in [2.45, 2.75) is 64.1 Å². The van der Waals surface area contributed by atoms with Gasteiger partial charge in [0.15, 0.2) is 16.1 Å². The van der Waals surface area contributed by atoms with E-state index in [1.807, 2.05) is 13.8 Å². The summed E-state index contributed by atoms with van der Waals surface area (Å²) in [5, 5.41) is 9.21. The molecule has 6 N–H and O–H groups in total. The van der Waals surface area contributed by atoms with E-state index in [-0.39, 0.29) is 17.4 Å². The van der Waals surface area contributed by atoms with E-state index in [9.17, 15) is 0 Å². The Kier molecular flexibility index (Phi) is 15.0. The second kappa shape index (κ2) is 15.5. The van der Waals surface area contributed by atoms with Crippen molar-refractivity contribution >= 4 is 34.9 Å². The van der Waals surface area contributed by atoms with Crippen LogP contribution in [0.5, 0.6) is 0 Å². The van der Waals surface area contributed by atoms with Crippen molar-refractivity contribution in [3.05, 3.63) is 5.15 Å². The van der Waals surface area contributed by atoms with Gasteiger partial charge >= 0.3 is 0 Å². The molecule has 146 valence electrons. The van der Waals surface area contributed by atoms with Crippen LogP contribution in [0.15, 0.2) is 5.16 Å². The molecule has 9 heteroatoms. The summed E-state index contributed by atoms with van der Waals surface area (Å²) in [5.74, 6) is 6.53.